The van der Waals surface area contributed by atoms with Gasteiger partial charge in [0.05, 0.1) is 16.6 Å². The molecule has 1 heterocycles. The van der Waals surface area contributed by atoms with Crippen LogP contribution in [-0.2, 0) is 14.6 Å². The lowest BCUT2D eigenvalue weighted by atomic mass is 10.2. The summed E-state index contributed by atoms with van der Waals surface area (Å²) in [7, 11) is -3.95. The number of carbonyl (C=O) groups is 2. The highest BCUT2D eigenvalue weighted by atomic mass is 32.2. The number of benzene rings is 1. The zero-order valence-electron chi connectivity index (χ0n) is 12.0. The minimum Gasteiger partial charge on any atom is -0.459 e. The van der Waals surface area contributed by atoms with Gasteiger partial charge in [-0.25, -0.2) is 13.2 Å². The van der Waals surface area contributed by atoms with Crippen molar-refractivity contribution in [1.29, 1.82) is 0 Å². The first-order valence-electron chi connectivity index (χ1n) is 6.45. The predicted octanol–water partition coefficient (Wildman–Crippen LogP) is 2.49. The summed E-state index contributed by atoms with van der Waals surface area (Å²) in [6.07, 6.45) is 0.100. The summed E-state index contributed by atoms with van der Waals surface area (Å²) in [6, 6.07) is 7.90. The Morgan fingerprint density at radius 2 is 1.95 bits per heavy atom. The molecule has 1 aromatic heterocycles. The molecule has 0 saturated heterocycles. The molecule has 116 valence electrons. The molecule has 22 heavy (non-hydrogen) atoms. The number of hydrogen-bond acceptors (Lipinski definition) is 6. The Morgan fingerprint density at radius 1 is 1.23 bits per heavy atom. The van der Waals surface area contributed by atoms with Crippen LogP contribution in [0.5, 0.6) is 0 Å². The molecule has 0 bridgehead atoms. The van der Waals surface area contributed by atoms with Crippen LogP contribution < -0.4 is 0 Å². The summed E-state index contributed by atoms with van der Waals surface area (Å²) in [5.74, 6) is -0.700. The van der Waals surface area contributed by atoms with Crippen LogP contribution in [0.2, 0.25) is 0 Å². The number of ether oxygens (including phenoxy) is 1. The van der Waals surface area contributed by atoms with Gasteiger partial charge in [-0.2, -0.15) is 0 Å². The van der Waals surface area contributed by atoms with E-state index in [0.717, 1.165) is 0 Å². The lowest BCUT2D eigenvalue weighted by Gasteiger charge is -2.08. The van der Waals surface area contributed by atoms with Gasteiger partial charge in [0.25, 0.3) is 0 Å². The molecule has 0 saturated carbocycles. The number of aldehydes is 1. The Labute approximate surface area is 127 Å². The first-order chi connectivity index (χ1) is 10.3. The highest BCUT2D eigenvalue weighted by Crippen LogP contribution is 2.23. The first-order valence-corrected chi connectivity index (χ1v) is 7.94. The van der Waals surface area contributed by atoms with Crippen LogP contribution in [-0.4, -0.2) is 26.8 Å². The minimum absolute atomic E-state index is 0.0889. The highest BCUT2D eigenvalue weighted by molar-refractivity contribution is 7.91. The third kappa shape index (κ3) is 3.25. The third-order valence-electron chi connectivity index (χ3n) is 2.71. The molecule has 0 aliphatic heterocycles. The second kappa shape index (κ2) is 6.15. The molecule has 0 aliphatic carbocycles. The van der Waals surface area contributed by atoms with Crippen molar-refractivity contribution >= 4 is 22.1 Å². The third-order valence-corrected chi connectivity index (χ3v) is 4.33. The second-order valence-electron chi connectivity index (χ2n) is 4.76. The summed E-state index contributed by atoms with van der Waals surface area (Å²) in [5.41, 5.74) is 0.122. The van der Waals surface area contributed by atoms with Gasteiger partial charge in [0.1, 0.15) is 0 Å². The number of carbonyl (C=O) groups excluding carboxylic acids is 2. The molecule has 0 atom stereocenters. The fourth-order valence-electron chi connectivity index (χ4n) is 1.73. The molecular formula is C15H14O6S. The zero-order valence-corrected chi connectivity index (χ0v) is 12.8. The Kier molecular flexibility index (Phi) is 4.46. The van der Waals surface area contributed by atoms with Gasteiger partial charge in [-0.3, -0.25) is 4.79 Å². The summed E-state index contributed by atoms with van der Waals surface area (Å²) < 4.78 is 34.8. The van der Waals surface area contributed by atoms with Crippen molar-refractivity contribution in [2.75, 3.05) is 0 Å². The highest BCUT2D eigenvalue weighted by Gasteiger charge is 2.23. The van der Waals surface area contributed by atoms with Gasteiger partial charge in [0, 0.05) is 0 Å². The van der Waals surface area contributed by atoms with E-state index < -0.39 is 15.8 Å². The van der Waals surface area contributed by atoms with Crippen LogP contribution in [0.1, 0.15) is 34.8 Å². The van der Waals surface area contributed by atoms with Crippen molar-refractivity contribution in [3.05, 3.63) is 47.7 Å². The van der Waals surface area contributed by atoms with E-state index in [1.807, 2.05) is 0 Å². The average molecular weight is 322 g/mol. The van der Waals surface area contributed by atoms with Crippen LogP contribution in [0.4, 0.5) is 0 Å². The molecule has 0 N–H and O–H groups in total. The Morgan fingerprint density at radius 3 is 2.55 bits per heavy atom. The molecule has 0 fully saturated rings. The fraction of sp³-hybridized carbons (Fsp3) is 0.200. The summed E-state index contributed by atoms with van der Waals surface area (Å²) in [4.78, 5) is 22.3. The molecule has 0 unspecified atom stereocenters. The fourth-order valence-corrected chi connectivity index (χ4v) is 2.96. The maximum absolute atomic E-state index is 12.4. The van der Waals surface area contributed by atoms with Crippen molar-refractivity contribution in [1.82, 2.24) is 0 Å². The molecule has 2 aromatic rings. The molecule has 0 spiro atoms. The van der Waals surface area contributed by atoms with Gasteiger partial charge in [-0.1, -0.05) is 6.07 Å². The van der Waals surface area contributed by atoms with Crippen molar-refractivity contribution in [3.63, 3.8) is 0 Å². The van der Waals surface area contributed by atoms with Gasteiger partial charge in [-0.05, 0) is 44.2 Å². The summed E-state index contributed by atoms with van der Waals surface area (Å²) >= 11 is 0. The van der Waals surface area contributed by atoms with E-state index in [0.29, 0.717) is 6.29 Å². The van der Waals surface area contributed by atoms with E-state index in [4.69, 9.17) is 9.15 Å². The van der Waals surface area contributed by atoms with Gasteiger partial charge < -0.3 is 9.15 Å². The standard InChI is InChI=1S/C15H14O6S/c1-10(2)20-15(17)11-4-3-5-13(8-11)22(18,19)14-7-6-12(9-16)21-14/h3-10H,1-2H3. The second-order valence-corrected chi connectivity index (χ2v) is 6.64. The van der Waals surface area contributed by atoms with E-state index in [-0.39, 0.29) is 27.4 Å². The molecule has 6 nitrogen and oxygen atoms in total. The number of sulfone groups is 1. The molecule has 0 radical (unpaired) electrons. The molecule has 1 aromatic carbocycles. The molecule has 2 rings (SSSR count). The predicted molar refractivity (Wildman–Crippen MR) is 76.5 cm³/mol. The number of furan rings is 1. The van der Waals surface area contributed by atoms with E-state index >= 15 is 0 Å². The topological polar surface area (TPSA) is 90.7 Å². The van der Waals surface area contributed by atoms with Crippen molar-refractivity contribution in [3.8, 4) is 0 Å². The normalized spacial score (nSPS) is 11.4. The number of hydrogen-bond donors (Lipinski definition) is 0. The van der Waals surface area contributed by atoms with Gasteiger partial charge in [-0.15, -0.1) is 0 Å². The monoisotopic (exact) mass is 322 g/mol. The maximum atomic E-state index is 12.4. The first kappa shape index (κ1) is 16.0. The van der Waals surface area contributed by atoms with Crippen LogP contribution in [0.25, 0.3) is 0 Å². The van der Waals surface area contributed by atoms with E-state index in [2.05, 4.69) is 0 Å². The number of esters is 1. The van der Waals surface area contributed by atoms with Crippen LogP contribution in [0.3, 0.4) is 0 Å². The smallest absolute Gasteiger partial charge is 0.338 e. The average Bonchev–Trinajstić information content (AvgIpc) is 2.96. The van der Waals surface area contributed by atoms with Crippen LogP contribution >= 0.6 is 0 Å². The van der Waals surface area contributed by atoms with Gasteiger partial charge >= 0.3 is 5.97 Å². The largest absolute Gasteiger partial charge is 0.459 e. The van der Waals surface area contributed by atoms with Crippen molar-refractivity contribution < 1.29 is 27.2 Å². The lowest BCUT2D eigenvalue weighted by Crippen LogP contribution is -2.12. The van der Waals surface area contributed by atoms with E-state index in [1.165, 1.54) is 36.4 Å². The van der Waals surface area contributed by atoms with Gasteiger partial charge in [0.2, 0.25) is 14.9 Å². The van der Waals surface area contributed by atoms with E-state index in [9.17, 15) is 18.0 Å². The Bertz CT molecular complexity index is 801. The van der Waals surface area contributed by atoms with Gasteiger partial charge in [0.15, 0.2) is 12.0 Å². The van der Waals surface area contributed by atoms with Crippen molar-refractivity contribution in [2.24, 2.45) is 0 Å². The molecule has 0 amide bonds. The SMILES string of the molecule is CC(C)OC(=O)c1cccc(S(=O)(=O)c2ccc(C=O)o2)c1. The van der Waals surface area contributed by atoms with Crippen molar-refractivity contribution in [2.45, 2.75) is 29.9 Å². The van der Waals surface area contributed by atoms with Crippen LogP contribution in [0, 0.1) is 0 Å². The van der Waals surface area contributed by atoms with E-state index in [1.54, 1.807) is 13.8 Å². The maximum Gasteiger partial charge on any atom is 0.338 e. The number of rotatable bonds is 5. The Hall–Kier alpha value is -2.41. The quantitative estimate of drug-likeness (QED) is 0.620. The molecule has 7 heteroatoms. The minimum atomic E-state index is -3.95. The summed E-state index contributed by atoms with van der Waals surface area (Å²) in [6.45, 7) is 3.39. The van der Waals surface area contributed by atoms with Crippen LogP contribution in [0.15, 0.2) is 50.8 Å². The molecular weight excluding hydrogens is 308 g/mol. The Balaban J connectivity index is 2.40. The summed E-state index contributed by atoms with van der Waals surface area (Å²) in [5, 5.41) is -0.357. The molecule has 0 aliphatic rings. The zero-order chi connectivity index (χ0) is 16.3. The lowest BCUT2D eigenvalue weighted by molar-refractivity contribution is 0.0377.